The number of carbonyl (C=O) groups excluding carboxylic acids is 2. The van der Waals surface area contributed by atoms with Crippen LogP contribution >= 0.6 is 0 Å². The molecule has 25 heavy (non-hydrogen) atoms. The van der Waals surface area contributed by atoms with E-state index in [0.29, 0.717) is 17.1 Å². The molecule has 0 N–H and O–H groups in total. The molecular weight excluding hydrogens is 320 g/mol. The van der Waals surface area contributed by atoms with Gasteiger partial charge in [0.15, 0.2) is 5.78 Å². The molecular formula is C20H22O5. The van der Waals surface area contributed by atoms with Crippen LogP contribution in [0.5, 0.6) is 11.5 Å². The Morgan fingerprint density at radius 2 is 1.40 bits per heavy atom. The molecule has 0 heterocycles. The average molecular weight is 342 g/mol. The van der Waals surface area contributed by atoms with Crippen molar-refractivity contribution in [2.24, 2.45) is 0 Å². The molecule has 0 amide bonds. The monoisotopic (exact) mass is 342 g/mol. The molecule has 2 rings (SSSR count). The van der Waals surface area contributed by atoms with Crippen molar-refractivity contribution in [1.82, 2.24) is 0 Å². The lowest BCUT2D eigenvalue weighted by atomic mass is 9.89. The lowest BCUT2D eigenvalue weighted by Gasteiger charge is -2.19. The van der Waals surface area contributed by atoms with Crippen LogP contribution in [-0.2, 0) is 9.53 Å². The highest BCUT2D eigenvalue weighted by molar-refractivity contribution is 6.15. The van der Waals surface area contributed by atoms with Gasteiger partial charge in [0.05, 0.1) is 20.3 Å². The summed E-state index contributed by atoms with van der Waals surface area (Å²) < 4.78 is 15.9. The van der Waals surface area contributed by atoms with Gasteiger partial charge in [-0.1, -0.05) is 36.4 Å². The fraction of sp³-hybridized carbons (Fsp3) is 0.300. The second kappa shape index (κ2) is 8.33. The second-order valence-corrected chi connectivity index (χ2v) is 5.73. The number of carbonyl (C=O) groups is 2. The molecule has 0 aliphatic heterocycles. The van der Waals surface area contributed by atoms with Gasteiger partial charge in [-0.3, -0.25) is 9.59 Å². The lowest BCUT2D eigenvalue weighted by Crippen LogP contribution is -2.27. The largest absolute Gasteiger partial charge is 0.496 e. The van der Waals surface area contributed by atoms with Gasteiger partial charge >= 0.3 is 5.97 Å². The van der Waals surface area contributed by atoms with Crippen LogP contribution in [0.4, 0.5) is 0 Å². The zero-order valence-corrected chi connectivity index (χ0v) is 14.8. The molecule has 5 nitrogen and oxygen atoms in total. The molecule has 0 fully saturated rings. The summed E-state index contributed by atoms with van der Waals surface area (Å²) in [5, 5.41) is 0. The van der Waals surface area contributed by atoms with Crippen molar-refractivity contribution < 1.29 is 23.8 Å². The van der Waals surface area contributed by atoms with Gasteiger partial charge in [0.1, 0.15) is 23.0 Å². The summed E-state index contributed by atoms with van der Waals surface area (Å²) in [5.74, 6) is -1.41. The van der Waals surface area contributed by atoms with E-state index in [1.807, 2.05) is 6.07 Å². The van der Waals surface area contributed by atoms with Gasteiger partial charge < -0.3 is 14.2 Å². The Bertz CT molecular complexity index is 715. The minimum Gasteiger partial charge on any atom is -0.496 e. The van der Waals surface area contributed by atoms with Crippen molar-refractivity contribution in [3.8, 4) is 11.5 Å². The number of hydrogen-bond donors (Lipinski definition) is 0. The van der Waals surface area contributed by atoms with Crippen molar-refractivity contribution in [2.75, 3.05) is 14.2 Å². The Balaban J connectivity index is 2.55. The Labute approximate surface area is 147 Å². The van der Waals surface area contributed by atoms with Crippen LogP contribution in [0, 0.1) is 0 Å². The first-order valence-corrected chi connectivity index (χ1v) is 8.00. The highest BCUT2D eigenvalue weighted by Gasteiger charge is 2.34. The number of methoxy groups -OCH3 is 2. The second-order valence-electron chi connectivity index (χ2n) is 5.73. The normalized spacial score (nSPS) is 11.7. The summed E-state index contributed by atoms with van der Waals surface area (Å²) in [6, 6.07) is 13.9. The van der Waals surface area contributed by atoms with Crippen molar-refractivity contribution in [2.45, 2.75) is 25.9 Å². The van der Waals surface area contributed by atoms with Gasteiger partial charge in [0.2, 0.25) is 0 Å². The van der Waals surface area contributed by atoms with Crippen molar-refractivity contribution >= 4 is 11.8 Å². The molecule has 0 saturated carbocycles. The number of hydrogen-bond acceptors (Lipinski definition) is 5. The molecule has 1 atom stereocenters. The summed E-state index contributed by atoms with van der Waals surface area (Å²) in [6.07, 6.45) is -0.328. The van der Waals surface area contributed by atoms with Crippen molar-refractivity contribution in [1.29, 1.82) is 0 Å². The number of ether oxygens (including phenoxy) is 3. The standard InChI is InChI=1S/C20H22O5/c1-13(2)25-20(22)17(14-9-6-5-7-10-14)19(21)18-15(23-3)11-8-12-16(18)24-4/h5-13,17H,1-4H3. The third kappa shape index (κ3) is 4.18. The fourth-order valence-corrected chi connectivity index (χ4v) is 2.58. The first-order valence-electron chi connectivity index (χ1n) is 8.00. The molecule has 2 aromatic rings. The van der Waals surface area contributed by atoms with E-state index in [2.05, 4.69) is 0 Å². The summed E-state index contributed by atoms with van der Waals surface area (Å²) >= 11 is 0. The van der Waals surface area contributed by atoms with E-state index in [-0.39, 0.29) is 11.7 Å². The zero-order valence-electron chi connectivity index (χ0n) is 14.8. The van der Waals surface area contributed by atoms with Crippen LogP contribution in [0.1, 0.15) is 35.7 Å². The van der Waals surface area contributed by atoms with E-state index in [1.54, 1.807) is 56.3 Å². The molecule has 2 aromatic carbocycles. The van der Waals surface area contributed by atoms with E-state index < -0.39 is 17.7 Å². The van der Waals surface area contributed by atoms with E-state index in [1.165, 1.54) is 14.2 Å². The SMILES string of the molecule is COc1cccc(OC)c1C(=O)C(C(=O)OC(C)C)c1ccccc1. The molecule has 0 radical (unpaired) electrons. The molecule has 0 aliphatic carbocycles. The predicted molar refractivity (Wildman–Crippen MR) is 94.3 cm³/mol. The number of esters is 1. The minimum atomic E-state index is -1.09. The van der Waals surface area contributed by atoms with E-state index in [9.17, 15) is 9.59 Å². The summed E-state index contributed by atoms with van der Waals surface area (Å²) in [5.41, 5.74) is 0.785. The first kappa shape index (κ1) is 18.5. The van der Waals surface area contributed by atoms with Crippen LogP contribution in [0.15, 0.2) is 48.5 Å². The van der Waals surface area contributed by atoms with Crippen LogP contribution < -0.4 is 9.47 Å². The summed E-state index contributed by atoms with van der Waals surface area (Å²) in [7, 11) is 2.94. The smallest absolute Gasteiger partial charge is 0.321 e. The Hall–Kier alpha value is -2.82. The van der Waals surface area contributed by atoms with Gasteiger partial charge in [-0.2, -0.15) is 0 Å². The Morgan fingerprint density at radius 3 is 1.88 bits per heavy atom. The third-order valence-electron chi connectivity index (χ3n) is 3.66. The fourth-order valence-electron chi connectivity index (χ4n) is 2.58. The first-order chi connectivity index (χ1) is 12.0. The van der Waals surface area contributed by atoms with Crippen LogP contribution in [0.25, 0.3) is 0 Å². The maximum atomic E-state index is 13.3. The molecule has 0 spiro atoms. The van der Waals surface area contributed by atoms with Gasteiger partial charge in [0.25, 0.3) is 0 Å². The number of Topliss-reactive ketones (excluding diaryl/α,β-unsaturated/α-hetero) is 1. The Kier molecular flexibility index (Phi) is 6.17. The van der Waals surface area contributed by atoms with Gasteiger partial charge in [0, 0.05) is 0 Å². The summed E-state index contributed by atoms with van der Waals surface area (Å²) in [6.45, 7) is 3.49. The zero-order chi connectivity index (χ0) is 18.4. The molecule has 1 unspecified atom stereocenters. The van der Waals surface area contributed by atoms with Gasteiger partial charge in [-0.25, -0.2) is 0 Å². The highest BCUT2D eigenvalue weighted by atomic mass is 16.5. The maximum absolute atomic E-state index is 13.3. The molecule has 0 bridgehead atoms. The topological polar surface area (TPSA) is 61.8 Å². The molecule has 5 heteroatoms. The number of rotatable bonds is 7. The van der Waals surface area contributed by atoms with Crippen LogP contribution in [-0.4, -0.2) is 32.1 Å². The average Bonchev–Trinajstić information content (AvgIpc) is 2.61. The van der Waals surface area contributed by atoms with Crippen molar-refractivity contribution in [3.05, 3.63) is 59.7 Å². The van der Waals surface area contributed by atoms with Crippen LogP contribution in [0.2, 0.25) is 0 Å². The highest BCUT2D eigenvalue weighted by Crippen LogP contribution is 2.34. The number of benzene rings is 2. The van der Waals surface area contributed by atoms with E-state index >= 15 is 0 Å². The third-order valence-corrected chi connectivity index (χ3v) is 3.66. The molecule has 132 valence electrons. The van der Waals surface area contributed by atoms with Gasteiger partial charge in [-0.15, -0.1) is 0 Å². The molecule has 0 aliphatic rings. The molecule has 0 aromatic heterocycles. The van der Waals surface area contributed by atoms with Crippen molar-refractivity contribution in [3.63, 3.8) is 0 Å². The van der Waals surface area contributed by atoms with E-state index in [4.69, 9.17) is 14.2 Å². The molecule has 0 saturated heterocycles. The number of ketones is 1. The Morgan fingerprint density at radius 1 is 0.840 bits per heavy atom. The quantitative estimate of drug-likeness (QED) is 0.437. The lowest BCUT2D eigenvalue weighted by molar-refractivity contribution is -0.147. The van der Waals surface area contributed by atoms with E-state index in [0.717, 1.165) is 0 Å². The van der Waals surface area contributed by atoms with Gasteiger partial charge in [-0.05, 0) is 31.5 Å². The predicted octanol–water partition coefficient (Wildman–Crippen LogP) is 3.62. The summed E-state index contributed by atoms with van der Waals surface area (Å²) in [4.78, 5) is 25.9. The maximum Gasteiger partial charge on any atom is 0.321 e. The van der Waals surface area contributed by atoms with Crippen LogP contribution in [0.3, 0.4) is 0 Å². The minimum absolute atomic E-state index is 0.224.